The number of anilines is 1. The Morgan fingerprint density at radius 1 is 1.22 bits per heavy atom. The number of ether oxygens (including phenoxy) is 2. The van der Waals surface area contributed by atoms with Gasteiger partial charge in [-0.2, -0.15) is 0 Å². The summed E-state index contributed by atoms with van der Waals surface area (Å²) in [6.07, 6.45) is 0. The molecule has 1 amide bonds. The quantitative estimate of drug-likeness (QED) is 0.409. The van der Waals surface area contributed by atoms with Gasteiger partial charge in [-0.3, -0.25) is 14.7 Å². The number of nitrogens with zero attached hydrogens (tertiary/aromatic N) is 4. The van der Waals surface area contributed by atoms with Crippen molar-refractivity contribution in [2.75, 3.05) is 19.5 Å². The minimum absolute atomic E-state index is 0.223. The van der Waals surface area contributed by atoms with Gasteiger partial charge >= 0.3 is 0 Å². The molecule has 0 saturated carbocycles. The van der Waals surface area contributed by atoms with E-state index in [-0.39, 0.29) is 12.6 Å². The van der Waals surface area contributed by atoms with Crippen LogP contribution < -0.4 is 10.1 Å². The number of rotatable bonds is 6. The Labute approximate surface area is 189 Å². The Bertz CT molecular complexity index is 1370. The van der Waals surface area contributed by atoms with Crippen molar-refractivity contribution in [3.8, 4) is 10.8 Å². The van der Waals surface area contributed by atoms with E-state index in [0.717, 1.165) is 32.3 Å². The van der Waals surface area contributed by atoms with E-state index in [9.17, 15) is 4.79 Å². The van der Waals surface area contributed by atoms with Gasteiger partial charge < -0.3 is 14.0 Å². The Balaban J connectivity index is 1.73. The summed E-state index contributed by atoms with van der Waals surface area (Å²) in [7, 11) is 3.19. The summed E-state index contributed by atoms with van der Waals surface area (Å²) in [4.78, 5) is 22.5. The number of imidazole rings is 1. The molecule has 0 fully saturated rings. The smallest absolute Gasteiger partial charge is 0.259 e. The number of hydrogen-bond acceptors (Lipinski definition) is 5. The van der Waals surface area contributed by atoms with E-state index in [2.05, 4.69) is 15.1 Å². The first-order chi connectivity index (χ1) is 15.4. The number of thiophene rings is 1. The number of hydrogen-bond donors (Lipinski definition) is 1. The van der Waals surface area contributed by atoms with Gasteiger partial charge in [0.25, 0.3) is 5.91 Å². The van der Waals surface area contributed by atoms with E-state index in [1.165, 1.54) is 11.3 Å². The molecule has 0 aliphatic carbocycles. The van der Waals surface area contributed by atoms with Crippen LogP contribution in [0.4, 0.5) is 11.6 Å². The first-order valence-electron chi connectivity index (χ1n) is 9.89. The molecule has 9 heteroatoms. The van der Waals surface area contributed by atoms with Crippen molar-refractivity contribution in [1.82, 2.24) is 14.1 Å². The molecule has 1 N–H and O–H groups in total. The first kappa shape index (κ1) is 21.6. The third-order valence-electron chi connectivity index (χ3n) is 5.25. The van der Waals surface area contributed by atoms with Crippen LogP contribution in [-0.4, -0.2) is 34.2 Å². The number of benzene rings is 1. The van der Waals surface area contributed by atoms with E-state index in [0.29, 0.717) is 22.9 Å². The average Bonchev–Trinajstić information content (AvgIpc) is 3.40. The van der Waals surface area contributed by atoms with Gasteiger partial charge in [-0.1, -0.05) is 0 Å². The maximum atomic E-state index is 13.2. The number of aryl methyl sites for hydroxylation is 2. The predicted octanol–water partition coefficient (Wildman–Crippen LogP) is 5.23. The summed E-state index contributed by atoms with van der Waals surface area (Å²) in [5.74, 6) is 0.804. The zero-order valence-electron chi connectivity index (χ0n) is 18.5. The number of fused-ring (bicyclic) bond motifs is 1. The van der Waals surface area contributed by atoms with Crippen LogP contribution in [0.1, 0.15) is 26.6 Å². The molecule has 0 aliphatic rings. The maximum Gasteiger partial charge on any atom is 0.259 e. The molecular weight excluding hydrogens is 426 g/mol. The van der Waals surface area contributed by atoms with Gasteiger partial charge in [0.2, 0.25) is 11.6 Å². The van der Waals surface area contributed by atoms with Gasteiger partial charge in [0.1, 0.15) is 17.5 Å². The second-order valence-corrected chi connectivity index (χ2v) is 8.60. The molecule has 0 saturated heterocycles. The third-order valence-corrected chi connectivity index (χ3v) is 6.28. The first-order valence-corrected chi connectivity index (χ1v) is 10.7. The van der Waals surface area contributed by atoms with Crippen molar-refractivity contribution in [2.45, 2.75) is 27.5 Å². The largest absolute Gasteiger partial charge is 0.497 e. The number of carbonyl (C=O) groups excluding carboxylic acids is 1. The maximum absolute atomic E-state index is 13.2. The van der Waals surface area contributed by atoms with Crippen LogP contribution in [0.5, 0.6) is 5.75 Å². The molecule has 0 atom stereocenters. The summed E-state index contributed by atoms with van der Waals surface area (Å²) < 4.78 is 14.4. The number of nitrogens with one attached hydrogen (secondary N) is 1. The minimum atomic E-state index is -0.276. The lowest BCUT2D eigenvalue weighted by Crippen LogP contribution is -2.17. The lowest BCUT2D eigenvalue weighted by molar-refractivity contribution is 0.102. The van der Waals surface area contributed by atoms with E-state index in [1.807, 2.05) is 55.7 Å². The van der Waals surface area contributed by atoms with Gasteiger partial charge in [0.05, 0.1) is 30.3 Å². The molecule has 1 aromatic carbocycles. The number of amides is 1. The SMILES string of the molecule is [C-]#[N+]c1cc(C)sc1-n1c(C)cc(C(=O)Nc2nc3ccc(OC)cc3n2COC)c1C. The van der Waals surface area contributed by atoms with Gasteiger partial charge in [-0.25, -0.2) is 9.83 Å². The van der Waals surface area contributed by atoms with Crippen LogP contribution in [0.3, 0.4) is 0 Å². The van der Waals surface area contributed by atoms with E-state index in [4.69, 9.17) is 16.0 Å². The Hall–Kier alpha value is -3.61. The summed E-state index contributed by atoms with van der Waals surface area (Å²) in [5, 5.41) is 3.75. The fourth-order valence-electron chi connectivity index (χ4n) is 3.79. The number of aromatic nitrogens is 3. The van der Waals surface area contributed by atoms with Crippen molar-refractivity contribution in [2.24, 2.45) is 0 Å². The summed E-state index contributed by atoms with van der Waals surface area (Å²) in [5.41, 5.74) is 4.27. The molecule has 3 heterocycles. The summed E-state index contributed by atoms with van der Waals surface area (Å²) in [6, 6.07) is 9.22. The molecule has 32 heavy (non-hydrogen) atoms. The zero-order valence-corrected chi connectivity index (χ0v) is 19.3. The highest BCUT2D eigenvalue weighted by Gasteiger charge is 2.22. The summed E-state index contributed by atoms with van der Waals surface area (Å²) >= 11 is 1.54. The van der Waals surface area contributed by atoms with E-state index < -0.39 is 0 Å². The third kappa shape index (κ3) is 3.64. The Kier molecular flexibility index (Phi) is 5.74. The fraction of sp³-hybridized carbons (Fsp3) is 0.261. The topological polar surface area (TPSA) is 74.7 Å². The van der Waals surface area contributed by atoms with Crippen molar-refractivity contribution < 1.29 is 14.3 Å². The molecule has 0 spiro atoms. The van der Waals surface area contributed by atoms with E-state index >= 15 is 0 Å². The lowest BCUT2D eigenvalue weighted by Gasteiger charge is -2.10. The van der Waals surface area contributed by atoms with Crippen molar-refractivity contribution in [1.29, 1.82) is 0 Å². The number of carbonyl (C=O) groups is 1. The highest BCUT2D eigenvalue weighted by molar-refractivity contribution is 7.15. The molecule has 0 radical (unpaired) electrons. The zero-order chi connectivity index (χ0) is 23.0. The highest BCUT2D eigenvalue weighted by Crippen LogP contribution is 2.36. The van der Waals surface area contributed by atoms with Gasteiger partial charge in [0.15, 0.2) is 0 Å². The second kappa shape index (κ2) is 8.49. The van der Waals surface area contributed by atoms with Gasteiger partial charge in [-0.05, 0) is 49.9 Å². The van der Waals surface area contributed by atoms with Crippen LogP contribution in [0, 0.1) is 27.3 Å². The molecule has 4 rings (SSSR count). The molecule has 164 valence electrons. The van der Waals surface area contributed by atoms with Crippen molar-refractivity contribution >= 4 is 39.9 Å². The van der Waals surface area contributed by atoms with Gasteiger partial charge in [0, 0.05) is 24.6 Å². The van der Waals surface area contributed by atoms with Gasteiger partial charge in [-0.15, -0.1) is 11.3 Å². The molecule has 0 bridgehead atoms. The summed E-state index contributed by atoms with van der Waals surface area (Å²) in [6.45, 7) is 13.5. The average molecular weight is 450 g/mol. The second-order valence-electron chi connectivity index (χ2n) is 7.37. The standard InChI is InChI=1S/C23H23N5O3S/c1-13-9-17(15(3)28(13)22-19(24-4)10-14(2)32-22)21(29)26-23-25-18-8-7-16(31-6)11-20(18)27(23)12-30-5/h7-11H,12H2,1-3,5-6H3,(H,25,26,29). The monoisotopic (exact) mass is 449 g/mol. The molecule has 3 aromatic heterocycles. The van der Waals surface area contributed by atoms with Crippen molar-refractivity contribution in [3.63, 3.8) is 0 Å². The molecular formula is C23H23N5O3S. The normalized spacial score (nSPS) is 11.0. The molecule has 8 nitrogen and oxygen atoms in total. The van der Waals surface area contributed by atoms with Crippen LogP contribution >= 0.6 is 11.3 Å². The highest BCUT2D eigenvalue weighted by atomic mass is 32.1. The van der Waals surface area contributed by atoms with E-state index in [1.54, 1.807) is 18.8 Å². The Morgan fingerprint density at radius 2 is 2.00 bits per heavy atom. The molecule has 0 unspecified atom stereocenters. The fourth-order valence-corrected chi connectivity index (χ4v) is 4.84. The minimum Gasteiger partial charge on any atom is -0.497 e. The number of methoxy groups -OCH3 is 2. The van der Waals surface area contributed by atoms with Crippen LogP contribution in [0.25, 0.3) is 20.9 Å². The predicted molar refractivity (Wildman–Crippen MR) is 125 cm³/mol. The lowest BCUT2D eigenvalue weighted by atomic mass is 10.2. The van der Waals surface area contributed by atoms with Crippen LogP contribution in [0.2, 0.25) is 0 Å². The Morgan fingerprint density at radius 3 is 2.69 bits per heavy atom. The molecule has 0 aliphatic heterocycles. The molecule has 4 aromatic rings. The van der Waals surface area contributed by atoms with Crippen LogP contribution in [0.15, 0.2) is 30.3 Å². The van der Waals surface area contributed by atoms with Crippen LogP contribution in [-0.2, 0) is 11.5 Å². The van der Waals surface area contributed by atoms with Crippen molar-refractivity contribution in [3.05, 3.63) is 63.6 Å².